The lowest BCUT2D eigenvalue weighted by molar-refractivity contribution is -0.147. The van der Waals surface area contributed by atoms with Gasteiger partial charge in [0.05, 0.1) is 5.92 Å². The topological polar surface area (TPSA) is 37.3 Å². The summed E-state index contributed by atoms with van der Waals surface area (Å²) in [7, 11) is 0. The summed E-state index contributed by atoms with van der Waals surface area (Å²) in [5.74, 6) is 1.05. The quantitative estimate of drug-likeness (QED) is 0.686. The van der Waals surface area contributed by atoms with E-state index < -0.39 is 5.97 Å². The van der Waals surface area contributed by atoms with E-state index in [-0.39, 0.29) is 5.92 Å². The molecule has 1 N–H and O–H groups in total. The van der Waals surface area contributed by atoms with Gasteiger partial charge in [-0.1, -0.05) is 25.7 Å². The number of carboxylic acid groups (broad SMARTS) is 1. The van der Waals surface area contributed by atoms with Gasteiger partial charge in [0.1, 0.15) is 0 Å². The molecule has 2 heteroatoms. The molecular formula is C10H16O2. The van der Waals surface area contributed by atoms with Crippen LogP contribution < -0.4 is 0 Å². The van der Waals surface area contributed by atoms with Gasteiger partial charge >= 0.3 is 5.97 Å². The fourth-order valence-corrected chi connectivity index (χ4v) is 2.68. The molecule has 0 spiro atoms. The number of hydrogen-bond acceptors (Lipinski definition) is 1. The second kappa shape index (κ2) is 3.08. The molecule has 0 amide bonds. The molecule has 12 heavy (non-hydrogen) atoms. The van der Waals surface area contributed by atoms with Crippen molar-refractivity contribution in [1.29, 1.82) is 0 Å². The average Bonchev–Trinajstić information content (AvgIpc) is 2.34. The van der Waals surface area contributed by atoms with Crippen molar-refractivity contribution < 1.29 is 9.90 Å². The third-order valence-electron chi connectivity index (χ3n) is 3.59. The fourth-order valence-electron chi connectivity index (χ4n) is 2.68. The first-order valence-corrected chi connectivity index (χ1v) is 5.00. The lowest BCUT2D eigenvalue weighted by Crippen LogP contribution is -2.34. The largest absolute Gasteiger partial charge is 0.481 e. The molecule has 68 valence electrons. The third-order valence-corrected chi connectivity index (χ3v) is 3.59. The Labute approximate surface area is 73.0 Å². The molecule has 0 aromatic heterocycles. The minimum atomic E-state index is -0.579. The van der Waals surface area contributed by atoms with Gasteiger partial charge < -0.3 is 5.11 Å². The molecule has 2 saturated carbocycles. The monoisotopic (exact) mass is 168 g/mol. The molecule has 0 bridgehead atoms. The SMILES string of the molecule is O=C(O)C1CC(C2CCCC2)C1. The number of carbonyl (C=O) groups is 1. The van der Waals surface area contributed by atoms with Gasteiger partial charge in [-0.05, 0) is 24.7 Å². The van der Waals surface area contributed by atoms with Crippen LogP contribution in [0, 0.1) is 17.8 Å². The van der Waals surface area contributed by atoms with Crippen LogP contribution in [0.3, 0.4) is 0 Å². The molecule has 0 aromatic carbocycles. The standard InChI is InChI=1S/C10H16O2/c11-10(12)9-5-8(6-9)7-3-1-2-4-7/h7-9H,1-6H2,(H,11,12). The smallest absolute Gasteiger partial charge is 0.306 e. The van der Waals surface area contributed by atoms with E-state index in [9.17, 15) is 4.79 Å². The molecule has 2 aliphatic rings. The van der Waals surface area contributed by atoms with Crippen molar-refractivity contribution in [2.75, 3.05) is 0 Å². The van der Waals surface area contributed by atoms with E-state index in [1.165, 1.54) is 25.7 Å². The Morgan fingerprint density at radius 3 is 2.17 bits per heavy atom. The van der Waals surface area contributed by atoms with Crippen LogP contribution >= 0.6 is 0 Å². The van der Waals surface area contributed by atoms with Crippen LogP contribution in [0.15, 0.2) is 0 Å². The van der Waals surface area contributed by atoms with Crippen LogP contribution in [0.5, 0.6) is 0 Å². The van der Waals surface area contributed by atoms with Crippen LogP contribution in [0.4, 0.5) is 0 Å². The normalized spacial score (nSPS) is 36.3. The second-order valence-corrected chi connectivity index (χ2v) is 4.31. The average molecular weight is 168 g/mol. The number of aliphatic carboxylic acids is 1. The Morgan fingerprint density at radius 1 is 1.08 bits per heavy atom. The van der Waals surface area contributed by atoms with Gasteiger partial charge in [0.2, 0.25) is 0 Å². The van der Waals surface area contributed by atoms with Crippen molar-refractivity contribution in [3.8, 4) is 0 Å². The van der Waals surface area contributed by atoms with Gasteiger partial charge in [-0.15, -0.1) is 0 Å². The minimum absolute atomic E-state index is 0.00407. The highest BCUT2D eigenvalue weighted by atomic mass is 16.4. The Hall–Kier alpha value is -0.530. The molecule has 0 aliphatic heterocycles. The highest BCUT2D eigenvalue weighted by molar-refractivity contribution is 5.71. The highest BCUT2D eigenvalue weighted by Crippen LogP contribution is 2.45. The minimum Gasteiger partial charge on any atom is -0.481 e. The molecule has 2 aliphatic carbocycles. The summed E-state index contributed by atoms with van der Waals surface area (Å²) in [5, 5.41) is 8.69. The van der Waals surface area contributed by atoms with Gasteiger partial charge in [-0.25, -0.2) is 0 Å². The summed E-state index contributed by atoms with van der Waals surface area (Å²) >= 11 is 0. The van der Waals surface area contributed by atoms with Crippen LogP contribution in [0.1, 0.15) is 38.5 Å². The van der Waals surface area contributed by atoms with E-state index >= 15 is 0 Å². The molecule has 0 atom stereocenters. The van der Waals surface area contributed by atoms with E-state index in [2.05, 4.69) is 0 Å². The lowest BCUT2D eigenvalue weighted by atomic mass is 9.68. The van der Waals surface area contributed by atoms with Crippen molar-refractivity contribution in [3.63, 3.8) is 0 Å². The molecule has 2 fully saturated rings. The third kappa shape index (κ3) is 1.35. The van der Waals surface area contributed by atoms with E-state index in [4.69, 9.17) is 5.11 Å². The van der Waals surface area contributed by atoms with Gasteiger partial charge in [0.25, 0.3) is 0 Å². The van der Waals surface area contributed by atoms with Crippen molar-refractivity contribution in [2.45, 2.75) is 38.5 Å². The zero-order chi connectivity index (χ0) is 8.55. The van der Waals surface area contributed by atoms with Crippen molar-refractivity contribution >= 4 is 5.97 Å². The molecule has 0 saturated heterocycles. The number of rotatable bonds is 2. The van der Waals surface area contributed by atoms with E-state index in [1.54, 1.807) is 0 Å². The summed E-state index contributed by atoms with van der Waals surface area (Å²) in [6, 6.07) is 0. The first-order chi connectivity index (χ1) is 5.77. The maximum absolute atomic E-state index is 10.5. The Bertz CT molecular complexity index is 176. The first-order valence-electron chi connectivity index (χ1n) is 5.00. The zero-order valence-electron chi connectivity index (χ0n) is 7.33. The molecule has 0 heterocycles. The van der Waals surface area contributed by atoms with Crippen LogP contribution in [-0.2, 0) is 4.79 Å². The fraction of sp³-hybridized carbons (Fsp3) is 0.900. The molecular weight excluding hydrogens is 152 g/mol. The number of carboxylic acids is 1. The van der Waals surface area contributed by atoms with E-state index in [1.807, 2.05) is 0 Å². The van der Waals surface area contributed by atoms with E-state index in [0.717, 1.165) is 24.7 Å². The molecule has 0 aromatic rings. The van der Waals surface area contributed by atoms with Gasteiger partial charge in [-0.3, -0.25) is 4.79 Å². The zero-order valence-corrected chi connectivity index (χ0v) is 7.33. The van der Waals surface area contributed by atoms with Gasteiger partial charge in [-0.2, -0.15) is 0 Å². The predicted molar refractivity (Wildman–Crippen MR) is 45.8 cm³/mol. The molecule has 2 rings (SSSR count). The first kappa shape index (κ1) is 8.09. The van der Waals surface area contributed by atoms with E-state index in [0.29, 0.717) is 0 Å². The predicted octanol–water partition coefficient (Wildman–Crippen LogP) is 2.29. The van der Waals surface area contributed by atoms with Gasteiger partial charge in [0.15, 0.2) is 0 Å². The summed E-state index contributed by atoms with van der Waals surface area (Å²) < 4.78 is 0. The summed E-state index contributed by atoms with van der Waals surface area (Å²) in [5.41, 5.74) is 0. The molecule has 2 nitrogen and oxygen atoms in total. The maximum atomic E-state index is 10.5. The Balaban J connectivity index is 1.77. The maximum Gasteiger partial charge on any atom is 0.306 e. The highest BCUT2D eigenvalue weighted by Gasteiger charge is 2.39. The van der Waals surface area contributed by atoms with Crippen LogP contribution in [0.25, 0.3) is 0 Å². The summed E-state index contributed by atoms with van der Waals surface area (Å²) in [6.45, 7) is 0. The summed E-state index contributed by atoms with van der Waals surface area (Å²) in [6.07, 6.45) is 7.38. The van der Waals surface area contributed by atoms with Gasteiger partial charge in [0, 0.05) is 0 Å². The van der Waals surface area contributed by atoms with Crippen molar-refractivity contribution in [3.05, 3.63) is 0 Å². The van der Waals surface area contributed by atoms with Crippen LogP contribution in [0.2, 0.25) is 0 Å². The molecule has 0 radical (unpaired) electrons. The van der Waals surface area contributed by atoms with Crippen molar-refractivity contribution in [2.24, 2.45) is 17.8 Å². The Morgan fingerprint density at radius 2 is 1.67 bits per heavy atom. The summed E-state index contributed by atoms with van der Waals surface area (Å²) in [4.78, 5) is 10.5. The number of hydrogen-bond donors (Lipinski definition) is 1. The Kier molecular flexibility index (Phi) is 2.07. The lowest BCUT2D eigenvalue weighted by Gasteiger charge is -2.36. The second-order valence-electron chi connectivity index (χ2n) is 4.31. The van der Waals surface area contributed by atoms with Crippen molar-refractivity contribution in [1.82, 2.24) is 0 Å². The van der Waals surface area contributed by atoms with Crippen LogP contribution in [-0.4, -0.2) is 11.1 Å². The molecule has 0 unspecified atom stereocenters.